The molecular formula is C27H27Cl2N4O7S-. The molecule has 11 nitrogen and oxygen atoms in total. The maximum absolute atomic E-state index is 13.8. The van der Waals surface area contributed by atoms with E-state index in [2.05, 4.69) is 5.32 Å². The summed E-state index contributed by atoms with van der Waals surface area (Å²) in [5, 5.41) is 23.3. The van der Waals surface area contributed by atoms with Gasteiger partial charge in [-0.15, -0.1) is 0 Å². The molecule has 4 rings (SSSR count). The summed E-state index contributed by atoms with van der Waals surface area (Å²) in [5.74, 6) is -0.773. The van der Waals surface area contributed by atoms with Crippen LogP contribution in [0.25, 0.3) is 0 Å². The van der Waals surface area contributed by atoms with Crippen LogP contribution in [0.4, 0.5) is 27.5 Å². The van der Waals surface area contributed by atoms with Crippen molar-refractivity contribution in [3.8, 4) is 0 Å². The van der Waals surface area contributed by atoms with Crippen molar-refractivity contribution in [3.63, 3.8) is 0 Å². The Kier molecular flexibility index (Phi) is 8.71. The minimum Gasteiger partial charge on any atom is -0.733 e. The van der Waals surface area contributed by atoms with Crippen LogP contribution in [0.15, 0.2) is 65.6 Å². The molecule has 0 bridgehead atoms. The second-order valence-corrected chi connectivity index (χ2v) is 12.9. The van der Waals surface area contributed by atoms with Crippen molar-refractivity contribution in [1.29, 1.82) is 0 Å². The number of hydrogen-bond acceptors (Lipinski definition) is 8. The number of urea groups is 1. The van der Waals surface area contributed by atoms with Gasteiger partial charge in [-0.3, -0.25) is 19.2 Å². The van der Waals surface area contributed by atoms with Gasteiger partial charge in [-0.1, -0.05) is 35.3 Å². The van der Waals surface area contributed by atoms with Crippen molar-refractivity contribution < 1.29 is 28.0 Å². The Labute approximate surface area is 247 Å². The third-order valence-corrected chi connectivity index (χ3v) is 8.15. The van der Waals surface area contributed by atoms with Gasteiger partial charge in [0.15, 0.2) is 0 Å². The lowest BCUT2D eigenvalue weighted by Gasteiger charge is -2.27. The monoisotopic (exact) mass is 621 g/mol. The molecule has 0 saturated heterocycles. The van der Waals surface area contributed by atoms with Gasteiger partial charge in [-0.05, 0) is 81.3 Å². The quantitative estimate of drug-likeness (QED) is 0.248. The van der Waals surface area contributed by atoms with Crippen molar-refractivity contribution >= 4 is 68.0 Å². The van der Waals surface area contributed by atoms with Gasteiger partial charge in [0.25, 0.3) is 10.0 Å². The van der Waals surface area contributed by atoms with Crippen LogP contribution in [0.2, 0.25) is 10.0 Å². The number of nitrogens with one attached hydrogen (secondary N) is 1. The molecule has 14 heteroatoms. The Hall–Kier alpha value is -3.55. The van der Waals surface area contributed by atoms with E-state index in [0.29, 0.717) is 17.7 Å². The summed E-state index contributed by atoms with van der Waals surface area (Å²) < 4.78 is 33.9. The Bertz CT molecular complexity index is 1570. The van der Waals surface area contributed by atoms with Crippen LogP contribution >= 0.6 is 23.2 Å². The predicted octanol–water partition coefficient (Wildman–Crippen LogP) is 5.82. The molecule has 0 spiro atoms. The van der Waals surface area contributed by atoms with Gasteiger partial charge in [0.2, 0.25) is 0 Å². The third kappa shape index (κ3) is 7.03. The SMILES string of the molecule is CC(C)(C)OC(=O)CN(c1ccc2c(c1)CCN2C(=O)Nc1ccccc1N([O-])O)S(=O)(=O)c1cc(Cl)cc(Cl)c1. The molecule has 0 unspecified atom stereocenters. The van der Waals surface area contributed by atoms with Crippen LogP contribution in [-0.2, 0) is 26.0 Å². The van der Waals surface area contributed by atoms with E-state index in [-0.39, 0.29) is 43.8 Å². The molecule has 0 aromatic heterocycles. The van der Waals surface area contributed by atoms with Crippen molar-refractivity contribution in [3.05, 3.63) is 81.5 Å². The Morgan fingerprint density at radius 3 is 2.37 bits per heavy atom. The number of anilines is 4. The second kappa shape index (κ2) is 11.7. The molecule has 0 aliphatic carbocycles. The van der Waals surface area contributed by atoms with Gasteiger partial charge in [-0.2, -0.15) is 0 Å². The van der Waals surface area contributed by atoms with Crippen LogP contribution in [0, 0.1) is 5.21 Å². The number of sulfonamides is 1. The minimum absolute atomic E-state index is 0.103. The van der Waals surface area contributed by atoms with E-state index in [0.717, 1.165) is 4.31 Å². The smallest absolute Gasteiger partial charge is 0.327 e. The first kappa shape index (κ1) is 30.4. The fourth-order valence-electron chi connectivity index (χ4n) is 4.29. The van der Waals surface area contributed by atoms with Crippen LogP contribution in [-0.4, -0.2) is 44.3 Å². The summed E-state index contributed by atoms with van der Waals surface area (Å²) in [5.41, 5.74) is 0.435. The Balaban J connectivity index is 1.67. The molecule has 0 fully saturated rings. The lowest BCUT2D eigenvalue weighted by atomic mass is 10.1. The minimum atomic E-state index is -4.34. The molecule has 41 heavy (non-hydrogen) atoms. The number of carbonyl (C=O) groups is 2. The van der Waals surface area contributed by atoms with Gasteiger partial charge in [0.05, 0.1) is 22.0 Å². The molecule has 0 radical (unpaired) electrons. The lowest BCUT2D eigenvalue weighted by Crippen LogP contribution is -2.39. The number of para-hydroxylation sites is 2. The average molecular weight is 623 g/mol. The Morgan fingerprint density at radius 1 is 1.07 bits per heavy atom. The summed E-state index contributed by atoms with van der Waals surface area (Å²) in [6, 6.07) is 13.9. The highest BCUT2D eigenvalue weighted by molar-refractivity contribution is 7.92. The van der Waals surface area contributed by atoms with E-state index in [4.69, 9.17) is 27.9 Å². The number of nitrogens with zero attached hydrogens (tertiary/aromatic N) is 3. The zero-order chi connectivity index (χ0) is 30.1. The number of halogens is 2. The average Bonchev–Trinajstić information content (AvgIpc) is 3.29. The van der Waals surface area contributed by atoms with E-state index < -0.39 is 34.2 Å². The highest BCUT2D eigenvalue weighted by Gasteiger charge is 2.32. The van der Waals surface area contributed by atoms with Crippen LogP contribution in [0.5, 0.6) is 0 Å². The summed E-state index contributed by atoms with van der Waals surface area (Å²) >= 11 is 12.1. The van der Waals surface area contributed by atoms with Crippen molar-refractivity contribution in [2.75, 3.05) is 32.8 Å². The summed E-state index contributed by atoms with van der Waals surface area (Å²) in [6.45, 7) is 4.64. The molecule has 1 aliphatic rings. The third-order valence-electron chi connectivity index (χ3n) is 5.96. The summed E-state index contributed by atoms with van der Waals surface area (Å²) in [7, 11) is -4.34. The van der Waals surface area contributed by atoms with Crippen LogP contribution < -0.4 is 19.7 Å². The zero-order valence-corrected chi connectivity index (χ0v) is 24.6. The predicted molar refractivity (Wildman–Crippen MR) is 157 cm³/mol. The normalized spacial score (nSPS) is 13.0. The number of hydrogen-bond donors (Lipinski definition) is 2. The van der Waals surface area contributed by atoms with Crippen molar-refractivity contribution in [2.45, 2.75) is 37.7 Å². The topological polar surface area (TPSA) is 143 Å². The molecular weight excluding hydrogens is 595 g/mol. The molecule has 3 aromatic carbocycles. The maximum atomic E-state index is 13.8. The van der Waals surface area contributed by atoms with Gasteiger partial charge in [0, 0.05) is 22.3 Å². The highest BCUT2D eigenvalue weighted by Crippen LogP contribution is 2.35. The maximum Gasteiger partial charge on any atom is 0.327 e. The van der Waals surface area contributed by atoms with E-state index in [9.17, 15) is 28.4 Å². The standard InChI is InChI=1S/C27H27Cl2N4O7S/c1-27(2,3)40-25(34)16-32(41(38,39)21-14-18(28)13-19(29)15-21)20-8-9-23-17(12-20)10-11-31(23)26(35)30-22-6-4-5-7-24(22)33(36)37/h4-9,12-15,36H,10-11,16H2,1-3H3,(H,30,35)/q-1. The molecule has 1 heterocycles. The highest BCUT2D eigenvalue weighted by atomic mass is 35.5. The Morgan fingerprint density at radius 2 is 1.73 bits per heavy atom. The van der Waals surface area contributed by atoms with E-state index in [1.807, 2.05) is 0 Å². The fraction of sp³-hybridized carbons (Fsp3) is 0.259. The van der Waals surface area contributed by atoms with Crippen molar-refractivity contribution in [1.82, 2.24) is 0 Å². The van der Waals surface area contributed by atoms with E-state index in [1.165, 1.54) is 47.4 Å². The largest absolute Gasteiger partial charge is 0.733 e. The number of carbonyl (C=O) groups excluding carboxylic acids is 2. The van der Waals surface area contributed by atoms with Crippen LogP contribution in [0.3, 0.4) is 0 Å². The number of rotatable bonds is 7. The molecule has 3 aromatic rings. The van der Waals surface area contributed by atoms with E-state index in [1.54, 1.807) is 39.0 Å². The molecule has 2 N–H and O–H groups in total. The first-order chi connectivity index (χ1) is 19.2. The number of benzene rings is 3. The van der Waals surface area contributed by atoms with Gasteiger partial charge in [-0.25, -0.2) is 13.2 Å². The molecule has 218 valence electrons. The van der Waals surface area contributed by atoms with Gasteiger partial charge in [0.1, 0.15) is 12.1 Å². The summed E-state index contributed by atoms with van der Waals surface area (Å²) in [6.07, 6.45) is 0.384. The van der Waals surface area contributed by atoms with Gasteiger partial charge < -0.3 is 20.5 Å². The second-order valence-electron chi connectivity index (χ2n) is 10.1. The number of amides is 2. The first-order valence-electron chi connectivity index (χ1n) is 12.3. The van der Waals surface area contributed by atoms with Crippen molar-refractivity contribution in [2.24, 2.45) is 0 Å². The van der Waals surface area contributed by atoms with Crippen LogP contribution in [0.1, 0.15) is 26.3 Å². The van der Waals surface area contributed by atoms with E-state index >= 15 is 0 Å². The summed E-state index contributed by atoms with van der Waals surface area (Å²) in [4.78, 5) is 27.1. The number of fused-ring (bicyclic) bond motifs is 1. The lowest BCUT2D eigenvalue weighted by molar-refractivity contribution is -0.152. The zero-order valence-electron chi connectivity index (χ0n) is 22.3. The molecule has 1 aliphatic heterocycles. The van der Waals surface area contributed by atoms with Gasteiger partial charge >= 0.3 is 12.0 Å². The molecule has 2 amide bonds. The number of esters is 1. The number of ether oxygens (including phenoxy) is 1. The molecule has 0 saturated carbocycles. The first-order valence-corrected chi connectivity index (χ1v) is 14.5. The fourth-order valence-corrected chi connectivity index (χ4v) is 6.42. The molecule has 0 atom stereocenters.